The van der Waals surface area contributed by atoms with E-state index in [0.717, 1.165) is 24.0 Å². The van der Waals surface area contributed by atoms with Crippen LogP contribution in [0.25, 0.3) is 0 Å². The number of guanidine groups is 1. The van der Waals surface area contributed by atoms with E-state index in [1.54, 1.807) is 18.1 Å². The zero-order valence-corrected chi connectivity index (χ0v) is 22.8. The van der Waals surface area contributed by atoms with Crippen molar-refractivity contribution in [3.63, 3.8) is 0 Å². The second-order valence-electron chi connectivity index (χ2n) is 8.81. The number of rotatable bonds is 9. The van der Waals surface area contributed by atoms with E-state index in [4.69, 9.17) is 4.74 Å². The Morgan fingerprint density at radius 3 is 2.42 bits per heavy atom. The number of alkyl carbamates (subject to hydrolysis) is 1. The van der Waals surface area contributed by atoms with Gasteiger partial charge in [-0.25, -0.2) is 14.5 Å². The summed E-state index contributed by atoms with van der Waals surface area (Å²) in [6.45, 7) is 11.5. The fraction of sp³-hybridized carbons (Fsp3) is 0.565. The van der Waals surface area contributed by atoms with Crippen molar-refractivity contribution in [3.8, 4) is 0 Å². The molecule has 0 bridgehead atoms. The average Bonchev–Trinajstić information content (AvgIpc) is 3.25. The molecule has 33 heavy (non-hydrogen) atoms. The summed E-state index contributed by atoms with van der Waals surface area (Å²) in [5.74, 6) is 0.670. The van der Waals surface area contributed by atoms with Crippen LogP contribution in [0.3, 0.4) is 0 Å². The van der Waals surface area contributed by atoms with Gasteiger partial charge in [-0.1, -0.05) is 38.1 Å². The normalized spacial score (nSPS) is 12.0. The second-order valence-corrected chi connectivity index (χ2v) is 8.81. The minimum atomic E-state index is -0.537. The Morgan fingerprint density at radius 1 is 1.15 bits per heavy atom. The Kier molecular flexibility index (Phi) is 11.6. The third kappa shape index (κ3) is 9.97. The fourth-order valence-corrected chi connectivity index (χ4v) is 3.24. The maximum absolute atomic E-state index is 12.3. The Hall–Kier alpha value is -2.37. The minimum absolute atomic E-state index is 0. The van der Waals surface area contributed by atoms with E-state index < -0.39 is 17.2 Å². The lowest BCUT2D eigenvalue weighted by Gasteiger charge is -2.34. The number of aromatic nitrogens is 3. The number of hydrogen-bond donors (Lipinski definition) is 3. The molecule has 0 fully saturated rings. The van der Waals surface area contributed by atoms with Gasteiger partial charge in [0.2, 0.25) is 0 Å². The molecule has 1 amide bonds. The number of halogens is 1. The van der Waals surface area contributed by atoms with Crippen molar-refractivity contribution in [2.45, 2.75) is 71.7 Å². The van der Waals surface area contributed by atoms with Gasteiger partial charge in [0.25, 0.3) is 0 Å². The summed E-state index contributed by atoms with van der Waals surface area (Å²) in [4.78, 5) is 20.7. The predicted octanol–water partition coefficient (Wildman–Crippen LogP) is 3.69. The first-order chi connectivity index (χ1) is 15.2. The van der Waals surface area contributed by atoms with E-state index in [1.165, 1.54) is 6.33 Å². The van der Waals surface area contributed by atoms with E-state index in [-0.39, 0.29) is 24.0 Å². The van der Waals surface area contributed by atoms with Crippen LogP contribution in [0.5, 0.6) is 0 Å². The number of carbonyl (C=O) groups is 1. The lowest BCUT2D eigenvalue weighted by atomic mass is 9.93. The molecule has 1 aromatic carbocycles. The molecule has 1 heterocycles. The smallest absolute Gasteiger partial charge is 0.408 e. The topological polar surface area (TPSA) is 105 Å². The van der Waals surface area contributed by atoms with Crippen molar-refractivity contribution in [2.24, 2.45) is 4.99 Å². The van der Waals surface area contributed by atoms with Crippen LogP contribution < -0.4 is 16.0 Å². The van der Waals surface area contributed by atoms with Gasteiger partial charge in [0.1, 0.15) is 18.3 Å². The van der Waals surface area contributed by atoms with Gasteiger partial charge in [-0.2, -0.15) is 5.10 Å². The summed E-state index contributed by atoms with van der Waals surface area (Å²) in [5, 5.41) is 13.9. The van der Waals surface area contributed by atoms with Crippen LogP contribution in [0.1, 0.15) is 58.6 Å². The van der Waals surface area contributed by atoms with E-state index in [0.29, 0.717) is 25.6 Å². The molecule has 0 spiro atoms. The van der Waals surface area contributed by atoms with E-state index in [9.17, 15) is 4.79 Å². The second kappa shape index (κ2) is 13.4. The first-order valence-electron chi connectivity index (χ1n) is 11.0. The number of nitrogens with zero attached hydrogens (tertiary/aromatic N) is 4. The van der Waals surface area contributed by atoms with Gasteiger partial charge >= 0.3 is 6.09 Å². The maximum Gasteiger partial charge on any atom is 0.408 e. The molecule has 9 nitrogen and oxygen atoms in total. The lowest BCUT2D eigenvalue weighted by molar-refractivity contribution is 0.0448. The van der Waals surface area contributed by atoms with Gasteiger partial charge in [-0.15, -0.1) is 24.0 Å². The van der Waals surface area contributed by atoms with E-state index in [2.05, 4.69) is 63.1 Å². The number of amides is 1. The molecule has 0 saturated carbocycles. The highest BCUT2D eigenvalue weighted by atomic mass is 127. The number of nitrogens with one attached hydrogen (secondary N) is 3. The molecular weight excluding hydrogens is 533 g/mol. The average molecular weight is 572 g/mol. The van der Waals surface area contributed by atoms with Crippen molar-refractivity contribution >= 4 is 36.0 Å². The van der Waals surface area contributed by atoms with Crippen molar-refractivity contribution < 1.29 is 9.53 Å². The SMILES string of the molecule is CCC(CC)(CNC(=NC)NCc1cccc(Cn2cncn2)c1)NC(=O)OC(C)(C)C.I. The Labute approximate surface area is 214 Å². The van der Waals surface area contributed by atoms with Crippen LogP contribution in [0.4, 0.5) is 4.79 Å². The number of benzene rings is 1. The molecule has 0 aliphatic carbocycles. The van der Waals surface area contributed by atoms with Gasteiger partial charge in [-0.3, -0.25) is 4.99 Å². The van der Waals surface area contributed by atoms with Crippen LogP contribution in [0, 0.1) is 0 Å². The molecule has 0 aliphatic heterocycles. The molecule has 2 rings (SSSR count). The van der Waals surface area contributed by atoms with Gasteiger partial charge < -0.3 is 20.7 Å². The lowest BCUT2D eigenvalue weighted by Crippen LogP contribution is -2.57. The highest BCUT2D eigenvalue weighted by Gasteiger charge is 2.30. The maximum atomic E-state index is 12.3. The van der Waals surface area contributed by atoms with Crippen LogP contribution in [0.2, 0.25) is 0 Å². The van der Waals surface area contributed by atoms with Crippen LogP contribution in [0.15, 0.2) is 41.9 Å². The molecule has 1 aromatic heterocycles. The number of aliphatic imine (C=N–C) groups is 1. The standard InChI is InChI=1S/C23H37N7O2.HI/c1-7-23(8-2,29-21(31)32-22(3,4)5)15-27-20(24-6)26-13-18-10-9-11-19(12-18)14-30-17-25-16-28-30;/h9-12,16-17H,7-8,13-15H2,1-6H3,(H,29,31)(H2,24,26,27);1H. The summed E-state index contributed by atoms with van der Waals surface area (Å²) >= 11 is 0. The molecule has 184 valence electrons. The van der Waals surface area contributed by atoms with Gasteiger partial charge in [0.05, 0.1) is 12.1 Å². The molecule has 0 saturated heterocycles. The Morgan fingerprint density at radius 2 is 1.85 bits per heavy atom. The van der Waals surface area contributed by atoms with Gasteiger partial charge in [0.15, 0.2) is 5.96 Å². The number of carbonyl (C=O) groups excluding carboxylic acids is 1. The zero-order chi connectivity index (χ0) is 23.6. The summed E-state index contributed by atoms with van der Waals surface area (Å²) in [7, 11) is 1.73. The molecule has 0 aliphatic rings. The summed E-state index contributed by atoms with van der Waals surface area (Å²) < 4.78 is 7.24. The fourth-order valence-electron chi connectivity index (χ4n) is 3.24. The van der Waals surface area contributed by atoms with Gasteiger partial charge in [-0.05, 0) is 44.7 Å². The van der Waals surface area contributed by atoms with Crippen molar-refractivity contribution in [2.75, 3.05) is 13.6 Å². The van der Waals surface area contributed by atoms with E-state index >= 15 is 0 Å². The third-order valence-corrected chi connectivity index (χ3v) is 5.20. The van der Waals surface area contributed by atoms with E-state index in [1.807, 2.05) is 26.8 Å². The Balaban J connectivity index is 0.00000544. The number of hydrogen-bond acceptors (Lipinski definition) is 5. The third-order valence-electron chi connectivity index (χ3n) is 5.20. The largest absolute Gasteiger partial charge is 0.444 e. The molecule has 2 aromatic rings. The van der Waals surface area contributed by atoms with Crippen molar-refractivity contribution in [3.05, 3.63) is 48.0 Å². The molecule has 0 radical (unpaired) electrons. The summed E-state index contributed by atoms with van der Waals surface area (Å²) in [5.41, 5.74) is 1.31. The zero-order valence-electron chi connectivity index (χ0n) is 20.5. The highest BCUT2D eigenvalue weighted by Crippen LogP contribution is 2.16. The highest BCUT2D eigenvalue weighted by molar-refractivity contribution is 14.0. The van der Waals surface area contributed by atoms with Crippen LogP contribution >= 0.6 is 24.0 Å². The monoisotopic (exact) mass is 571 g/mol. The Bertz CT molecular complexity index is 875. The quantitative estimate of drug-likeness (QED) is 0.241. The first kappa shape index (κ1) is 28.7. The molecular formula is C23H38IN7O2. The van der Waals surface area contributed by atoms with Crippen molar-refractivity contribution in [1.29, 1.82) is 0 Å². The summed E-state index contributed by atoms with van der Waals surface area (Å²) in [6.07, 6.45) is 4.35. The predicted molar refractivity (Wildman–Crippen MR) is 142 cm³/mol. The molecule has 10 heteroatoms. The first-order valence-corrected chi connectivity index (χ1v) is 11.0. The van der Waals surface area contributed by atoms with Crippen molar-refractivity contribution in [1.82, 2.24) is 30.7 Å². The van der Waals surface area contributed by atoms with Gasteiger partial charge in [0, 0.05) is 20.1 Å². The molecule has 0 unspecified atom stereocenters. The molecule has 3 N–H and O–H groups in total. The molecule has 0 atom stereocenters. The van der Waals surface area contributed by atoms with Crippen LogP contribution in [-0.4, -0.2) is 51.5 Å². The minimum Gasteiger partial charge on any atom is -0.444 e. The number of ether oxygens (including phenoxy) is 1. The summed E-state index contributed by atoms with van der Waals surface area (Å²) in [6, 6.07) is 8.30. The van der Waals surface area contributed by atoms with Crippen LogP contribution in [-0.2, 0) is 17.8 Å².